The number of hydrogen-bond donors (Lipinski definition) is 1. The molecule has 3 rings (SSSR count). The summed E-state index contributed by atoms with van der Waals surface area (Å²) in [5, 5.41) is 3.28. The van der Waals surface area contributed by atoms with E-state index in [2.05, 4.69) is 5.32 Å². The highest BCUT2D eigenvalue weighted by molar-refractivity contribution is 6.42. The van der Waals surface area contributed by atoms with Gasteiger partial charge >= 0.3 is 6.03 Å². The maximum absolute atomic E-state index is 13.8. The zero-order chi connectivity index (χ0) is 17.5. The molecule has 4 nitrogen and oxygen atoms in total. The van der Waals surface area contributed by atoms with Gasteiger partial charge in [-0.2, -0.15) is 0 Å². The minimum atomic E-state index is -1.28. The first-order valence-electron chi connectivity index (χ1n) is 7.16. The molecule has 0 aliphatic carbocycles. The first kappa shape index (κ1) is 16.7. The van der Waals surface area contributed by atoms with Crippen LogP contribution in [0.4, 0.5) is 9.18 Å². The van der Waals surface area contributed by atoms with Crippen LogP contribution in [0.25, 0.3) is 0 Å². The fraction of sp³-hybridized carbons (Fsp3) is 0.176. The monoisotopic (exact) mass is 366 g/mol. The average Bonchev–Trinajstić information content (AvgIpc) is 2.76. The van der Waals surface area contributed by atoms with Gasteiger partial charge in [0, 0.05) is 5.56 Å². The molecule has 0 saturated carbocycles. The minimum absolute atomic E-state index is 0.145. The molecule has 7 heteroatoms. The molecule has 2 aromatic rings. The summed E-state index contributed by atoms with van der Waals surface area (Å²) in [5.74, 6) is -0.949. The molecular formula is C17H13Cl2FN2O2. The van der Waals surface area contributed by atoms with Gasteiger partial charge in [-0.25, -0.2) is 9.18 Å². The summed E-state index contributed by atoms with van der Waals surface area (Å²) in [6.45, 7) is 1.43. The van der Waals surface area contributed by atoms with Crippen molar-refractivity contribution in [3.8, 4) is 0 Å². The smallest absolute Gasteiger partial charge is 0.319 e. The summed E-state index contributed by atoms with van der Waals surface area (Å²) in [6.07, 6.45) is 0. The van der Waals surface area contributed by atoms with Crippen LogP contribution in [0.1, 0.15) is 18.1 Å². The van der Waals surface area contributed by atoms with Crippen molar-refractivity contribution in [1.82, 2.24) is 10.2 Å². The van der Waals surface area contributed by atoms with Gasteiger partial charge in [-0.3, -0.25) is 9.69 Å². The van der Waals surface area contributed by atoms with Gasteiger partial charge in [0.1, 0.15) is 11.4 Å². The average molecular weight is 367 g/mol. The van der Waals surface area contributed by atoms with Gasteiger partial charge in [-0.15, -0.1) is 0 Å². The Hall–Kier alpha value is -2.11. The van der Waals surface area contributed by atoms with E-state index in [4.69, 9.17) is 23.2 Å². The summed E-state index contributed by atoms with van der Waals surface area (Å²) in [5.41, 5.74) is -0.512. The third kappa shape index (κ3) is 2.74. The molecule has 1 aliphatic rings. The SMILES string of the molecule is CC1(c2ccc(Cl)c(Cl)c2)NC(=O)N(Cc2ccccc2F)C1=O. The lowest BCUT2D eigenvalue weighted by molar-refractivity contribution is -0.131. The first-order valence-corrected chi connectivity index (χ1v) is 7.91. The molecular weight excluding hydrogens is 354 g/mol. The number of carbonyl (C=O) groups excluding carboxylic acids is 2. The van der Waals surface area contributed by atoms with Gasteiger partial charge in [0.2, 0.25) is 0 Å². The van der Waals surface area contributed by atoms with Gasteiger partial charge in [0.05, 0.1) is 16.6 Å². The number of urea groups is 1. The molecule has 1 aliphatic heterocycles. The summed E-state index contributed by atoms with van der Waals surface area (Å²) in [7, 11) is 0. The van der Waals surface area contributed by atoms with Crippen molar-refractivity contribution >= 4 is 35.1 Å². The van der Waals surface area contributed by atoms with Crippen LogP contribution in [0.5, 0.6) is 0 Å². The number of benzene rings is 2. The largest absolute Gasteiger partial charge is 0.325 e. The van der Waals surface area contributed by atoms with Gasteiger partial charge < -0.3 is 5.32 Å². The molecule has 24 heavy (non-hydrogen) atoms. The van der Waals surface area contributed by atoms with Gasteiger partial charge in [0.25, 0.3) is 5.91 Å². The highest BCUT2D eigenvalue weighted by atomic mass is 35.5. The second-order valence-electron chi connectivity index (χ2n) is 5.67. The Labute approximate surface area is 148 Å². The van der Waals surface area contributed by atoms with Crippen LogP contribution in [0.3, 0.4) is 0 Å². The zero-order valence-electron chi connectivity index (χ0n) is 12.6. The Morgan fingerprint density at radius 3 is 2.50 bits per heavy atom. The Kier molecular flexibility index (Phi) is 4.24. The van der Waals surface area contributed by atoms with Crippen LogP contribution in [0.15, 0.2) is 42.5 Å². The van der Waals surface area contributed by atoms with E-state index in [1.807, 2.05) is 0 Å². The molecule has 1 unspecified atom stereocenters. The topological polar surface area (TPSA) is 49.4 Å². The lowest BCUT2D eigenvalue weighted by Gasteiger charge is -2.22. The molecule has 0 aromatic heterocycles. The molecule has 2 aromatic carbocycles. The van der Waals surface area contributed by atoms with Crippen molar-refractivity contribution in [2.75, 3.05) is 0 Å². The summed E-state index contributed by atoms with van der Waals surface area (Å²) in [4.78, 5) is 26.0. The predicted octanol–water partition coefficient (Wildman–Crippen LogP) is 4.10. The Morgan fingerprint density at radius 1 is 1.12 bits per heavy atom. The molecule has 1 N–H and O–H groups in total. The van der Waals surface area contributed by atoms with Crippen molar-refractivity contribution in [1.29, 1.82) is 0 Å². The first-order chi connectivity index (χ1) is 11.3. The maximum Gasteiger partial charge on any atom is 0.325 e. The lowest BCUT2D eigenvalue weighted by Crippen LogP contribution is -2.40. The summed E-state index contributed by atoms with van der Waals surface area (Å²) < 4.78 is 13.8. The van der Waals surface area contributed by atoms with Gasteiger partial charge in [-0.1, -0.05) is 47.5 Å². The molecule has 1 atom stereocenters. The van der Waals surface area contributed by atoms with E-state index in [1.165, 1.54) is 18.2 Å². The fourth-order valence-corrected chi connectivity index (χ4v) is 2.94. The number of hydrogen-bond acceptors (Lipinski definition) is 2. The quantitative estimate of drug-likeness (QED) is 0.831. The Bertz CT molecular complexity index is 843. The number of halogens is 3. The molecule has 3 amide bonds. The summed E-state index contributed by atoms with van der Waals surface area (Å²) >= 11 is 11.9. The van der Waals surface area contributed by atoms with Crippen LogP contribution < -0.4 is 5.32 Å². The van der Waals surface area contributed by atoms with E-state index in [-0.39, 0.29) is 17.1 Å². The van der Waals surface area contributed by atoms with Crippen LogP contribution >= 0.6 is 23.2 Å². The van der Waals surface area contributed by atoms with Crippen LogP contribution in [0, 0.1) is 5.82 Å². The van der Waals surface area contributed by atoms with Gasteiger partial charge in [-0.05, 0) is 30.7 Å². The van der Waals surface area contributed by atoms with Gasteiger partial charge in [0.15, 0.2) is 0 Å². The molecule has 0 radical (unpaired) electrons. The predicted molar refractivity (Wildman–Crippen MR) is 89.3 cm³/mol. The highest BCUT2D eigenvalue weighted by Gasteiger charge is 2.49. The number of nitrogens with zero attached hydrogens (tertiary/aromatic N) is 1. The second-order valence-corrected chi connectivity index (χ2v) is 6.48. The van der Waals surface area contributed by atoms with Crippen molar-refractivity contribution < 1.29 is 14.0 Å². The number of amides is 3. The number of imide groups is 1. The van der Waals surface area contributed by atoms with Crippen molar-refractivity contribution in [2.24, 2.45) is 0 Å². The highest BCUT2D eigenvalue weighted by Crippen LogP contribution is 2.33. The van der Waals surface area contributed by atoms with Crippen LogP contribution in [-0.4, -0.2) is 16.8 Å². The van der Waals surface area contributed by atoms with Crippen molar-refractivity contribution in [3.63, 3.8) is 0 Å². The molecule has 124 valence electrons. The third-order valence-electron chi connectivity index (χ3n) is 4.06. The number of rotatable bonds is 3. The zero-order valence-corrected chi connectivity index (χ0v) is 14.2. The van der Waals surface area contributed by atoms with E-state index in [9.17, 15) is 14.0 Å². The number of carbonyl (C=O) groups is 2. The molecule has 1 heterocycles. The standard InChI is InChI=1S/C17H13Cl2FN2O2/c1-17(11-6-7-12(18)13(19)8-11)15(23)22(16(24)21-17)9-10-4-2-3-5-14(10)20/h2-8H,9H2,1H3,(H,21,24). The lowest BCUT2D eigenvalue weighted by atomic mass is 9.92. The Morgan fingerprint density at radius 2 is 1.83 bits per heavy atom. The van der Waals surface area contributed by atoms with E-state index < -0.39 is 23.3 Å². The Balaban J connectivity index is 1.93. The molecule has 1 fully saturated rings. The third-order valence-corrected chi connectivity index (χ3v) is 4.80. The van der Waals surface area contributed by atoms with E-state index >= 15 is 0 Å². The second kappa shape index (κ2) is 6.07. The molecule has 0 bridgehead atoms. The molecule has 0 spiro atoms. The summed E-state index contributed by atoms with van der Waals surface area (Å²) in [6, 6.07) is 10.1. The van der Waals surface area contributed by atoms with E-state index in [1.54, 1.807) is 31.2 Å². The van der Waals surface area contributed by atoms with Crippen LogP contribution in [0.2, 0.25) is 10.0 Å². The number of nitrogens with one attached hydrogen (secondary N) is 1. The van der Waals surface area contributed by atoms with E-state index in [0.717, 1.165) is 4.90 Å². The normalized spacial score (nSPS) is 20.4. The van der Waals surface area contributed by atoms with E-state index in [0.29, 0.717) is 10.6 Å². The minimum Gasteiger partial charge on any atom is -0.319 e. The van der Waals surface area contributed by atoms with Crippen molar-refractivity contribution in [3.05, 3.63) is 69.5 Å². The van der Waals surface area contributed by atoms with Crippen molar-refractivity contribution in [2.45, 2.75) is 19.0 Å². The fourth-order valence-electron chi connectivity index (χ4n) is 2.64. The van der Waals surface area contributed by atoms with Crippen LogP contribution in [-0.2, 0) is 16.9 Å². The maximum atomic E-state index is 13.8. The molecule has 1 saturated heterocycles.